The summed E-state index contributed by atoms with van der Waals surface area (Å²) in [6, 6.07) is 2.78. The number of hydrogen-bond donors (Lipinski definition) is 2. The Bertz CT molecular complexity index is 905. The summed E-state index contributed by atoms with van der Waals surface area (Å²) in [5.74, 6) is -0.180. The standard InChI is InChI=1S/C17H16F6N2O2/c1-8-4-13(15(27)17(21,22)23)25(7-8)9-2-3-12-10(5-9)11(16(18,19)20)6-14(26)24-12/h2-3,5-6,8,13,15,27H,4,7H2,1H3,(H,24,26)/t8-,13-,15+/m1/s1. The molecule has 1 aromatic heterocycles. The third kappa shape index (κ3) is 3.76. The van der Waals surface area contributed by atoms with E-state index < -0.39 is 35.6 Å². The van der Waals surface area contributed by atoms with Gasteiger partial charge < -0.3 is 15.0 Å². The van der Waals surface area contributed by atoms with Gasteiger partial charge in [-0.2, -0.15) is 26.3 Å². The maximum atomic E-state index is 13.3. The van der Waals surface area contributed by atoms with Crippen molar-refractivity contribution in [2.24, 2.45) is 5.92 Å². The topological polar surface area (TPSA) is 56.3 Å². The first-order valence-corrected chi connectivity index (χ1v) is 8.13. The highest BCUT2D eigenvalue weighted by Crippen LogP contribution is 2.39. The lowest BCUT2D eigenvalue weighted by Crippen LogP contribution is -2.47. The van der Waals surface area contributed by atoms with Crippen molar-refractivity contribution in [3.8, 4) is 0 Å². The molecule has 0 radical (unpaired) electrons. The molecule has 1 aliphatic heterocycles. The van der Waals surface area contributed by atoms with Gasteiger partial charge in [0.05, 0.1) is 11.6 Å². The van der Waals surface area contributed by atoms with E-state index in [0.717, 1.165) is 6.07 Å². The summed E-state index contributed by atoms with van der Waals surface area (Å²) >= 11 is 0. The average Bonchev–Trinajstić information content (AvgIpc) is 2.92. The molecule has 1 fully saturated rings. The van der Waals surface area contributed by atoms with Crippen molar-refractivity contribution in [2.75, 3.05) is 11.4 Å². The van der Waals surface area contributed by atoms with Gasteiger partial charge in [-0.25, -0.2) is 0 Å². The number of aliphatic hydroxyl groups excluding tert-OH is 1. The van der Waals surface area contributed by atoms with E-state index >= 15 is 0 Å². The predicted molar refractivity (Wildman–Crippen MR) is 86.5 cm³/mol. The molecule has 2 aromatic rings. The van der Waals surface area contributed by atoms with E-state index in [1.54, 1.807) is 6.92 Å². The Morgan fingerprint density at radius 1 is 1.19 bits per heavy atom. The van der Waals surface area contributed by atoms with Crippen molar-refractivity contribution in [2.45, 2.75) is 37.8 Å². The fraction of sp³-hybridized carbons (Fsp3) is 0.471. The van der Waals surface area contributed by atoms with Crippen molar-refractivity contribution < 1.29 is 31.4 Å². The number of nitrogens with one attached hydrogen (secondary N) is 1. The molecule has 10 heteroatoms. The molecule has 148 valence electrons. The zero-order valence-electron chi connectivity index (χ0n) is 14.0. The molecule has 1 aliphatic rings. The number of alkyl halides is 6. The predicted octanol–water partition coefficient (Wildman–Crippen LogP) is 3.68. The maximum Gasteiger partial charge on any atom is 0.417 e. The van der Waals surface area contributed by atoms with Gasteiger partial charge in [-0.1, -0.05) is 6.92 Å². The van der Waals surface area contributed by atoms with Crippen molar-refractivity contribution in [3.05, 3.63) is 40.2 Å². The first-order chi connectivity index (χ1) is 12.4. The summed E-state index contributed by atoms with van der Waals surface area (Å²) < 4.78 is 78.7. The maximum absolute atomic E-state index is 13.3. The summed E-state index contributed by atoms with van der Waals surface area (Å²) in [6.07, 6.45) is -12.2. The van der Waals surface area contributed by atoms with E-state index in [0.29, 0.717) is 6.07 Å². The molecule has 27 heavy (non-hydrogen) atoms. The Balaban J connectivity index is 2.11. The van der Waals surface area contributed by atoms with Gasteiger partial charge in [0.15, 0.2) is 6.10 Å². The van der Waals surface area contributed by atoms with Crippen LogP contribution < -0.4 is 10.5 Å². The Hall–Kier alpha value is -2.23. The van der Waals surface area contributed by atoms with Crippen molar-refractivity contribution in [1.82, 2.24) is 4.98 Å². The molecule has 0 aliphatic carbocycles. The largest absolute Gasteiger partial charge is 0.417 e. The number of nitrogens with zero attached hydrogens (tertiary/aromatic N) is 1. The van der Waals surface area contributed by atoms with Crippen molar-refractivity contribution >= 4 is 16.6 Å². The number of halogens is 6. The van der Waals surface area contributed by atoms with Crippen LogP contribution in [0.2, 0.25) is 0 Å². The highest BCUT2D eigenvalue weighted by molar-refractivity contribution is 5.86. The lowest BCUT2D eigenvalue weighted by atomic mass is 10.0. The van der Waals surface area contributed by atoms with E-state index in [4.69, 9.17) is 0 Å². The quantitative estimate of drug-likeness (QED) is 0.764. The zero-order chi connectivity index (χ0) is 20.1. The number of benzene rings is 1. The molecule has 3 atom stereocenters. The molecule has 1 aromatic carbocycles. The van der Waals surface area contributed by atoms with Crippen LogP contribution in [0.4, 0.5) is 32.0 Å². The molecule has 2 heterocycles. The first-order valence-electron chi connectivity index (χ1n) is 8.13. The van der Waals surface area contributed by atoms with Gasteiger partial charge in [-0.15, -0.1) is 0 Å². The Kier molecular flexibility index (Phi) is 4.65. The smallest absolute Gasteiger partial charge is 0.382 e. The summed E-state index contributed by atoms with van der Waals surface area (Å²) in [5, 5.41) is 9.35. The molecule has 3 rings (SSSR count). The number of rotatable bonds is 2. The Morgan fingerprint density at radius 3 is 2.44 bits per heavy atom. The highest BCUT2D eigenvalue weighted by atomic mass is 19.4. The van der Waals surface area contributed by atoms with Crippen LogP contribution >= 0.6 is 0 Å². The van der Waals surface area contributed by atoms with Crippen LogP contribution in [0.15, 0.2) is 29.1 Å². The summed E-state index contributed by atoms with van der Waals surface area (Å²) in [6.45, 7) is 1.86. The van der Waals surface area contributed by atoms with Crippen LogP contribution in [0, 0.1) is 5.92 Å². The van der Waals surface area contributed by atoms with Crippen LogP contribution in [0.5, 0.6) is 0 Å². The molecule has 0 unspecified atom stereocenters. The minimum Gasteiger partial charge on any atom is -0.382 e. The second-order valence-corrected chi connectivity index (χ2v) is 6.82. The summed E-state index contributed by atoms with van der Waals surface area (Å²) in [7, 11) is 0. The van der Waals surface area contributed by atoms with Gasteiger partial charge in [0.2, 0.25) is 5.56 Å². The second kappa shape index (κ2) is 6.43. The number of aromatic amines is 1. The molecule has 0 spiro atoms. The van der Waals surface area contributed by atoms with Gasteiger partial charge in [0, 0.05) is 29.2 Å². The van der Waals surface area contributed by atoms with E-state index in [9.17, 15) is 36.2 Å². The minimum atomic E-state index is -4.84. The normalized spacial score (nSPS) is 22.4. The SMILES string of the molecule is C[C@@H]1C[C@H]([C@H](O)C(F)(F)F)N(c2ccc3[nH]c(=O)cc(C(F)(F)F)c3c2)C1. The van der Waals surface area contributed by atoms with Gasteiger partial charge in [-0.05, 0) is 30.5 Å². The van der Waals surface area contributed by atoms with Crippen LogP contribution in [-0.4, -0.2) is 35.0 Å². The third-order valence-electron chi connectivity index (χ3n) is 4.72. The van der Waals surface area contributed by atoms with Gasteiger partial charge >= 0.3 is 12.4 Å². The molecular formula is C17H16F6N2O2. The van der Waals surface area contributed by atoms with Gasteiger partial charge in [-0.3, -0.25) is 4.79 Å². The molecule has 0 bridgehead atoms. The molecule has 0 amide bonds. The monoisotopic (exact) mass is 394 g/mol. The van der Waals surface area contributed by atoms with Crippen LogP contribution in [0.3, 0.4) is 0 Å². The Labute approximate surface area is 149 Å². The number of fused-ring (bicyclic) bond motifs is 1. The van der Waals surface area contributed by atoms with Crippen LogP contribution in [0.25, 0.3) is 10.9 Å². The number of pyridine rings is 1. The summed E-state index contributed by atoms with van der Waals surface area (Å²) in [5.41, 5.74) is -2.04. The van der Waals surface area contributed by atoms with Crippen LogP contribution in [0.1, 0.15) is 18.9 Å². The molecule has 1 saturated heterocycles. The lowest BCUT2D eigenvalue weighted by Gasteiger charge is -2.31. The lowest BCUT2D eigenvalue weighted by molar-refractivity contribution is -0.209. The first kappa shape index (κ1) is 19.5. The summed E-state index contributed by atoms with van der Waals surface area (Å²) in [4.78, 5) is 15.0. The van der Waals surface area contributed by atoms with Gasteiger partial charge in [0.1, 0.15) is 0 Å². The number of aromatic nitrogens is 1. The Morgan fingerprint density at radius 2 is 1.85 bits per heavy atom. The third-order valence-corrected chi connectivity index (χ3v) is 4.72. The molecule has 0 saturated carbocycles. The molecular weight excluding hydrogens is 378 g/mol. The van der Waals surface area contributed by atoms with E-state index in [1.807, 2.05) is 0 Å². The van der Waals surface area contributed by atoms with Crippen molar-refractivity contribution in [3.63, 3.8) is 0 Å². The average molecular weight is 394 g/mol. The van der Waals surface area contributed by atoms with E-state index in [2.05, 4.69) is 4.98 Å². The number of H-pyrrole nitrogens is 1. The number of aliphatic hydroxyl groups is 1. The van der Waals surface area contributed by atoms with Gasteiger partial charge in [0.25, 0.3) is 0 Å². The van der Waals surface area contributed by atoms with Crippen molar-refractivity contribution in [1.29, 1.82) is 0 Å². The van der Waals surface area contributed by atoms with E-state index in [-0.39, 0.29) is 35.5 Å². The second-order valence-electron chi connectivity index (χ2n) is 6.82. The molecule has 4 nitrogen and oxygen atoms in total. The van der Waals surface area contributed by atoms with E-state index in [1.165, 1.54) is 17.0 Å². The fourth-order valence-corrected chi connectivity index (χ4v) is 3.55. The fourth-order valence-electron chi connectivity index (χ4n) is 3.55. The highest BCUT2D eigenvalue weighted by Gasteiger charge is 2.48. The van der Waals surface area contributed by atoms with Crippen LogP contribution in [-0.2, 0) is 6.18 Å². The molecule has 2 N–H and O–H groups in total. The minimum absolute atomic E-state index is 0.0520. The zero-order valence-corrected chi connectivity index (χ0v) is 14.0. The number of anilines is 1. The number of hydrogen-bond acceptors (Lipinski definition) is 3.